The molecule has 0 aliphatic heterocycles. The van der Waals surface area contributed by atoms with Crippen LogP contribution in [0.2, 0.25) is 5.02 Å². The first kappa shape index (κ1) is 22.9. The first-order valence-electron chi connectivity index (χ1n) is 10.2. The van der Waals surface area contributed by atoms with Crippen molar-refractivity contribution in [2.45, 2.75) is 24.9 Å². The van der Waals surface area contributed by atoms with Crippen molar-refractivity contribution in [3.05, 3.63) is 89.0 Å². The van der Waals surface area contributed by atoms with Gasteiger partial charge in [0, 0.05) is 37.6 Å². The van der Waals surface area contributed by atoms with Crippen LogP contribution in [0.25, 0.3) is 11.0 Å². The van der Waals surface area contributed by atoms with E-state index >= 15 is 0 Å². The van der Waals surface area contributed by atoms with E-state index in [1.165, 1.54) is 18.2 Å². The van der Waals surface area contributed by atoms with Crippen LogP contribution >= 0.6 is 11.6 Å². The Morgan fingerprint density at radius 2 is 1.94 bits per heavy atom. The van der Waals surface area contributed by atoms with Crippen molar-refractivity contribution in [1.82, 2.24) is 24.6 Å². The molecule has 2 aromatic heterocycles. The average molecular weight is 484 g/mol. The molecule has 0 radical (unpaired) electrons. The van der Waals surface area contributed by atoms with E-state index in [-0.39, 0.29) is 22.0 Å². The fourth-order valence-corrected chi connectivity index (χ4v) is 5.01. The lowest BCUT2D eigenvalue weighted by Gasteiger charge is -2.11. The van der Waals surface area contributed by atoms with Gasteiger partial charge >= 0.3 is 0 Å². The van der Waals surface area contributed by atoms with Crippen molar-refractivity contribution in [3.63, 3.8) is 0 Å². The molecule has 33 heavy (non-hydrogen) atoms. The number of sulfonamides is 1. The van der Waals surface area contributed by atoms with Gasteiger partial charge in [-0.2, -0.15) is 0 Å². The van der Waals surface area contributed by atoms with Crippen LogP contribution in [-0.2, 0) is 23.1 Å². The number of nitrogens with zero attached hydrogens (tertiary/aromatic N) is 3. The Labute approximate surface area is 196 Å². The first-order valence-corrected chi connectivity index (χ1v) is 12.1. The molecular weight excluding hydrogens is 462 g/mol. The van der Waals surface area contributed by atoms with Gasteiger partial charge in [0.1, 0.15) is 10.7 Å². The maximum Gasteiger partial charge on any atom is 0.251 e. The number of aromatic nitrogens is 3. The van der Waals surface area contributed by atoms with Gasteiger partial charge in [0.05, 0.1) is 16.1 Å². The third-order valence-corrected chi connectivity index (χ3v) is 7.02. The zero-order chi connectivity index (χ0) is 23.4. The van der Waals surface area contributed by atoms with Crippen LogP contribution in [0.3, 0.4) is 0 Å². The van der Waals surface area contributed by atoms with Crippen LogP contribution in [0.15, 0.2) is 71.9 Å². The van der Waals surface area contributed by atoms with Gasteiger partial charge < -0.3 is 9.88 Å². The van der Waals surface area contributed by atoms with Crippen LogP contribution < -0.4 is 10.0 Å². The smallest absolute Gasteiger partial charge is 0.251 e. The molecule has 8 nitrogen and oxygen atoms in total. The minimum absolute atomic E-state index is 0.0331. The quantitative estimate of drug-likeness (QED) is 0.400. The number of benzene rings is 2. The molecule has 2 aromatic carbocycles. The molecule has 4 aromatic rings. The van der Waals surface area contributed by atoms with Gasteiger partial charge in [-0.3, -0.25) is 9.78 Å². The minimum atomic E-state index is -3.93. The van der Waals surface area contributed by atoms with Crippen LogP contribution in [-0.4, -0.2) is 35.4 Å². The molecule has 0 aliphatic rings. The second-order valence-electron chi connectivity index (χ2n) is 7.39. The molecule has 0 spiro atoms. The second kappa shape index (κ2) is 9.70. The molecule has 170 valence electrons. The number of aryl methyl sites for hydroxylation is 1. The number of amides is 1. The van der Waals surface area contributed by atoms with Gasteiger partial charge in [-0.15, -0.1) is 0 Å². The summed E-state index contributed by atoms with van der Waals surface area (Å²) < 4.78 is 30.1. The van der Waals surface area contributed by atoms with E-state index in [0.29, 0.717) is 18.7 Å². The normalized spacial score (nSPS) is 11.6. The monoisotopic (exact) mass is 483 g/mol. The van der Waals surface area contributed by atoms with Crippen molar-refractivity contribution >= 4 is 38.6 Å². The lowest BCUT2D eigenvalue weighted by molar-refractivity contribution is 0.0952. The van der Waals surface area contributed by atoms with E-state index in [4.69, 9.17) is 11.6 Å². The van der Waals surface area contributed by atoms with Crippen molar-refractivity contribution in [2.24, 2.45) is 0 Å². The lowest BCUT2D eigenvalue weighted by atomic mass is 10.2. The molecule has 0 unspecified atom stereocenters. The van der Waals surface area contributed by atoms with Crippen LogP contribution in [0.4, 0.5) is 0 Å². The predicted octanol–water partition coefficient (Wildman–Crippen LogP) is 3.30. The summed E-state index contributed by atoms with van der Waals surface area (Å²) in [5, 5.41) is 2.86. The van der Waals surface area contributed by atoms with Gasteiger partial charge in [-0.25, -0.2) is 18.1 Å². The number of hydrogen-bond donors (Lipinski definition) is 2. The van der Waals surface area contributed by atoms with Gasteiger partial charge in [0.2, 0.25) is 10.0 Å². The van der Waals surface area contributed by atoms with Crippen molar-refractivity contribution in [1.29, 1.82) is 0 Å². The van der Waals surface area contributed by atoms with E-state index in [1.807, 2.05) is 35.8 Å². The standard InChI is InChI=1S/C23H22ClN5O3S/c1-16-28-20-6-2-3-7-21(20)29(16)12-11-26-23(30)18-8-9-19(24)22(13-18)33(31,32)27-15-17-5-4-10-25-14-17/h2-10,13-14,27H,11-12,15H2,1H3,(H,26,30). The van der Waals surface area contributed by atoms with E-state index in [0.717, 1.165) is 16.9 Å². The highest BCUT2D eigenvalue weighted by atomic mass is 35.5. The molecule has 2 N–H and O–H groups in total. The summed E-state index contributed by atoms with van der Waals surface area (Å²) in [4.78, 5) is 21.0. The topological polar surface area (TPSA) is 106 Å². The number of imidazole rings is 1. The van der Waals surface area contributed by atoms with Gasteiger partial charge in [0.25, 0.3) is 5.91 Å². The average Bonchev–Trinajstić information content (AvgIpc) is 3.13. The van der Waals surface area contributed by atoms with Gasteiger partial charge in [-0.1, -0.05) is 29.8 Å². The predicted molar refractivity (Wildman–Crippen MR) is 127 cm³/mol. The van der Waals surface area contributed by atoms with Crippen LogP contribution in [0, 0.1) is 6.92 Å². The largest absolute Gasteiger partial charge is 0.350 e. The number of fused-ring (bicyclic) bond motifs is 1. The summed E-state index contributed by atoms with van der Waals surface area (Å²) in [5.41, 5.74) is 2.79. The lowest BCUT2D eigenvalue weighted by Crippen LogP contribution is -2.28. The number of nitrogens with one attached hydrogen (secondary N) is 2. The Morgan fingerprint density at radius 1 is 1.12 bits per heavy atom. The van der Waals surface area contributed by atoms with E-state index in [2.05, 4.69) is 20.0 Å². The molecule has 4 rings (SSSR count). The SMILES string of the molecule is Cc1nc2ccccc2n1CCNC(=O)c1ccc(Cl)c(S(=O)(=O)NCc2cccnc2)c1. The molecule has 0 bridgehead atoms. The van der Waals surface area contributed by atoms with E-state index in [1.54, 1.807) is 24.5 Å². The Hall–Kier alpha value is -3.27. The summed E-state index contributed by atoms with van der Waals surface area (Å²) in [6.07, 6.45) is 3.17. The molecule has 0 saturated carbocycles. The molecule has 0 fully saturated rings. The first-order chi connectivity index (χ1) is 15.8. The highest BCUT2D eigenvalue weighted by Gasteiger charge is 2.20. The molecule has 0 aliphatic carbocycles. The van der Waals surface area contributed by atoms with Crippen molar-refractivity contribution < 1.29 is 13.2 Å². The number of halogens is 1. The summed E-state index contributed by atoms with van der Waals surface area (Å²) in [6, 6.07) is 15.4. The van der Waals surface area contributed by atoms with E-state index < -0.39 is 15.9 Å². The molecule has 0 atom stereocenters. The maximum atomic E-state index is 12.8. The zero-order valence-electron chi connectivity index (χ0n) is 17.8. The maximum absolute atomic E-state index is 12.8. The molecular formula is C23H22ClN5O3S. The summed E-state index contributed by atoms with van der Waals surface area (Å²) in [6.45, 7) is 2.85. The Morgan fingerprint density at radius 3 is 2.73 bits per heavy atom. The summed E-state index contributed by atoms with van der Waals surface area (Å²) in [5.74, 6) is 0.461. The van der Waals surface area contributed by atoms with Gasteiger partial charge in [-0.05, 0) is 48.9 Å². The third-order valence-electron chi connectivity index (χ3n) is 5.14. The molecule has 1 amide bonds. The number of hydrogen-bond acceptors (Lipinski definition) is 5. The zero-order valence-corrected chi connectivity index (χ0v) is 19.4. The third kappa shape index (κ3) is 5.22. The van der Waals surface area contributed by atoms with Gasteiger partial charge in [0.15, 0.2) is 0 Å². The summed E-state index contributed by atoms with van der Waals surface area (Å²) >= 11 is 6.14. The minimum Gasteiger partial charge on any atom is -0.350 e. The fraction of sp³-hybridized carbons (Fsp3) is 0.174. The number of carbonyl (C=O) groups excluding carboxylic acids is 1. The van der Waals surface area contributed by atoms with Crippen molar-refractivity contribution in [2.75, 3.05) is 6.54 Å². The molecule has 10 heteroatoms. The molecule has 0 saturated heterocycles. The highest BCUT2D eigenvalue weighted by molar-refractivity contribution is 7.89. The number of para-hydroxylation sites is 2. The van der Waals surface area contributed by atoms with E-state index in [9.17, 15) is 13.2 Å². The van der Waals surface area contributed by atoms with Crippen LogP contribution in [0.5, 0.6) is 0 Å². The Kier molecular flexibility index (Phi) is 6.73. The second-order valence-corrected chi connectivity index (χ2v) is 9.53. The molecule has 2 heterocycles. The highest BCUT2D eigenvalue weighted by Crippen LogP contribution is 2.23. The number of pyridine rings is 1. The Balaban J connectivity index is 1.44. The number of rotatable bonds is 8. The summed E-state index contributed by atoms with van der Waals surface area (Å²) in [7, 11) is -3.93. The fourth-order valence-electron chi connectivity index (χ4n) is 3.47. The Bertz CT molecular complexity index is 1400. The number of carbonyl (C=O) groups is 1. The van der Waals surface area contributed by atoms with Crippen LogP contribution in [0.1, 0.15) is 21.7 Å². The van der Waals surface area contributed by atoms with Crippen molar-refractivity contribution in [3.8, 4) is 0 Å².